The number of carbonyl (C=O) groups excluding carboxylic acids is 2. The van der Waals surface area contributed by atoms with E-state index in [0.717, 1.165) is 25.1 Å². The van der Waals surface area contributed by atoms with Crippen LogP contribution in [0.25, 0.3) is 0 Å². The topological polar surface area (TPSA) is 49.4 Å². The Labute approximate surface area is 112 Å². The molecule has 0 saturated carbocycles. The van der Waals surface area contributed by atoms with Crippen LogP contribution in [0.4, 0.5) is 0 Å². The van der Waals surface area contributed by atoms with Gasteiger partial charge in [-0.25, -0.2) is 0 Å². The highest BCUT2D eigenvalue weighted by molar-refractivity contribution is 6.10. The molecule has 2 atom stereocenters. The third-order valence-corrected chi connectivity index (χ3v) is 4.15. The molecule has 0 bridgehead atoms. The zero-order chi connectivity index (χ0) is 13.4. The second-order valence-corrected chi connectivity index (χ2v) is 5.44. The van der Waals surface area contributed by atoms with Gasteiger partial charge < -0.3 is 5.32 Å². The van der Waals surface area contributed by atoms with E-state index in [9.17, 15) is 9.59 Å². The van der Waals surface area contributed by atoms with Gasteiger partial charge in [0, 0.05) is 11.6 Å². The lowest BCUT2D eigenvalue weighted by molar-refractivity contribution is -0.131. The van der Waals surface area contributed by atoms with Crippen LogP contribution in [-0.2, 0) is 11.2 Å². The molecule has 2 unspecified atom stereocenters. The van der Waals surface area contributed by atoms with E-state index >= 15 is 0 Å². The molecule has 2 aliphatic heterocycles. The largest absolute Gasteiger partial charge is 0.316 e. The number of carbonyl (C=O) groups is 2. The minimum absolute atomic E-state index is 0.0367. The van der Waals surface area contributed by atoms with Crippen molar-refractivity contribution in [1.82, 2.24) is 10.2 Å². The van der Waals surface area contributed by atoms with Crippen molar-refractivity contribution >= 4 is 11.8 Å². The first kappa shape index (κ1) is 12.4. The Kier molecular flexibility index (Phi) is 3.11. The molecule has 0 spiro atoms. The van der Waals surface area contributed by atoms with Crippen LogP contribution in [0.1, 0.15) is 29.3 Å². The first-order valence-electron chi connectivity index (χ1n) is 6.83. The van der Waals surface area contributed by atoms with E-state index in [0.29, 0.717) is 17.9 Å². The third kappa shape index (κ3) is 2.06. The van der Waals surface area contributed by atoms with Gasteiger partial charge in [0.15, 0.2) is 0 Å². The number of piperidine rings is 1. The number of amides is 2. The normalized spacial score (nSPS) is 27.3. The van der Waals surface area contributed by atoms with Crippen molar-refractivity contribution in [2.24, 2.45) is 5.92 Å². The van der Waals surface area contributed by atoms with Crippen molar-refractivity contribution in [2.45, 2.75) is 25.8 Å². The van der Waals surface area contributed by atoms with Gasteiger partial charge >= 0.3 is 0 Å². The Morgan fingerprint density at radius 1 is 1.26 bits per heavy atom. The molecule has 0 aromatic heterocycles. The molecule has 1 fully saturated rings. The fourth-order valence-electron chi connectivity index (χ4n) is 3.09. The third-order valence-electron chi connectivity index (χ3n) is 4.15. The smallest absolute Gasteiger partial charge is 0.261 e. The fourth-order valence-corrected chi connectivity index (χ4v) is 3.09. The van der Waals surface area contributed by atoms with Crippen molar-refractivity contribution < 1.29 is 9.59 Å². The zero-order valence-corrected chi connectivity index (χ0v) is 11.1. The molecular weight excluding hydrogens is 240 g/mol. The summed E-state index contributed by atoms with van der Waals surface area (Å²) < 4.78 is 0. The SMILES string of the molecule is CC1CNCCC1N1C(=O)Cc2ccccc2C1=O. The average molecular weight is 258 g/mol. The second kappa shape index (κ2) is 4.78. The van der Waals surface area contributed by atoms with Gasteiger partial charge in [0.1, 0.15) is 0 Å². The van der Waals surface area contributed by atoms with Gasteiger partial charge in [0.25, 0.3) is 5.91 Å². The molecule has 3 rings (SSSR count). The minimum atomic E-state index is -0.120. The highest BCUT2D eigenvalue weighted by atomic mass is 16.2. The predicted molar refractivity (Wildman–Crippen MR) is 71.8 cm³/mol. The van der Waals surface area contributed by atoms with Crippen molar-refractivity contribution in [1.29, 1.82) is 0 Å². The number of benzene rings is 1. The molecular formula is C15H18N2O2. The van der Waals surface area contributed by atoms with Crippen LogP contribution in [0.15, 0.2) is 24.3 Å². The van der Waals surface area contributed by atoms with E-state index in [1.165, 1.54) is 4.90 Å². The lowest BCUT2D eigenvalue weighted by Crippen LogP contribution is -2.55. The number of hydrogen-bond acceptors (Lipinski definition) is 3. The summed E-state index contributed by atoms with van der Waals surface area (Å²) in [5.41, 5.74) is 1.54. The summed E-state index contributed by atoms with van der Waals surface area (Å²) >= 11 is 0. The molecule has 4 heteroatoms. The fraction of sp³-hybridized carbons (Fsp3) is 0.467. The highest BCUT2D eigenvalue weighted by Crippen LogP contribution is 2.26. The van der Waals surface area contributed by atoms with Gasteiger partial charge in [-0.1, -0.05) is 25.1 Å². The van der Waals surface area contributed by atoms with Crippen LogP contribution < -0.4 is 5.32 Å². The molecule has 1 aromatic rings. The monoisotopic (exact) mass is 258 g/mol. The summed E-state index contributed by atoms with van der Waals surface area (Å²) in [5, 5.41) is 3.30. The second-order valence-electron chi connectivity index (χ2n) is 5.44. The van der Waals surface area contributed by atoms with E-state index in [-0.39, 0.29) is 17.9 Å². The maximum absolute atomic E-state index is 12.6. The molecule has 2 heterocycles. The highest BCUT2D eigenvalue weighted by Gasteiger charge is 2.38. The Hall–Kier alpha value is -1.68. The number of nitrogens with zero attached hydrogens (tertiary/aromatic N) is 1. The molecule has 1 saturated heterocycles. The van der Waals surface area contributed by atoms with Gasteiger partial charge in [-0.05, 0) is 37.1 Å². The lowest BCUT2D eigenvalue weighted by atomic mass is 9.89. The summed E-state index contributed by atoms with van der Waals surface area (Å²) in [7, 11) is 0. The number of nitrogens with one attached hydrogen (secondary N) is 1. The van der Waals surface area contributed by atoms with Crippen molar-refractivity contribution in [3.05, 3.63) is 35.4 Å². The summed E-state index contributed by atoms with van der Waals surface area (Å²) in [6.07, 6.45) is 1.19. The van der Waals surface area contributed by atoms with E-state index in [1.54, 1.807) is 0 Å². The van der Waals surface area contributed by atoms with Crippen molar-refractivity contribution in [3.8, 4) is 0 Å². The molecule has 0 radical (unpaired) electrons. The van der Waals surface area contributed by atoms with Crippen LogP contribution in [0, 0.1) is 5.92 Å². The standard InChI is InChI=1S/C15H18N2O2/c1-10-9-16-7-6-13(10)17-14(18)8-11-4-2-3-5-12(11)15(17)19/h2-5,10,13,16H,6-9H2,1H3. The first-order chi connectivity index (χ1) is 9.18. The summed E-state index contributed by atoms with van der Waals surface area (Å²) in [6, 6.07) is 7.46. The van der Waals surface area contributed by atoms with Crippen LogP contribution >= 0.6 is 0 Å². The number of fused-ring (bicyclic) bond motifs is 1. The molecule has 19 heavy (non-hydrogen) atoms. The lowest BCUT2D eigenvalue weighted by Gasteiger charge is -2.39. The first-order valence-corrected chi connectivity index (χ1v) is 6.83. The van der Waals surface area contributed by atoms with Gasteiger partial charge in [-0.3, -0.25) is 14.5 Å². The quantitative estimate of drug-likeness (QED) is 0.770. The summed E-state index contributed by atoms with van der Waals surface area (Å²) in [6.45, 7) is 3.83. The van der Waals surface area contributed by atoms with Crippen LogP contribution in [0.5, 0.6) is 0 Å². The van der Waals surface area contributed by atoms with E-state index in [1.807, 2.05) is 24.3 Å². The Balaban J connectivity index is 1.95. The van der Waals surface area contributed by atoms with Gasteiger partial charge in [0.05, 0.1) is 6.42 Å². The van der Waals surface area contributed by atoms with Crippen LogP contribution in [-0.4, -0.2) is 35.8 Å². The molecule has 1 aromatic carbocycles. The minimum Gasteiger partial charge on any atom is -0.316 e. The van der Waals surface area contributed by atoms with Crippen molar-refractivity contribution in [2.75, 3.05) is 13.1 Å². The molecule has 1 N–H and O–H groups in total. The van der Waals surface area contributed by atoms with E-state index in [4.69, 9.17) is 0 Å². The molecule has 0 aliphatic carbocycles. The summed E-state index contributed by atoms with van der Waals surface area (Å²) in [4.78, 5) is 26.4. The van der Waals surface area contributed by atoms with Gasteiger partial charge in [-0.2, -0.15) is 0 Å². The number of imide groups is 1. The maximum Gasteiger partial charge on any atom is 0.261 e. The van der Waals surface area contributed by atoms with Crippen LogP contribution in [0.2, 0.25) is 0 Å². The molecule has 2 aliphatic rings. The maximum atomic E-state index is 12.6. The van der Waals surface area contributed by atoms with Gasteiger partial charge in [-0.15, -0.1) is 0 Å². The number of rotatable bonds is 1. The Morgan fingerprint density at radius 2 is 2.05 bits per heavy atom. The zero-order valence-electron chi connectivity index (χ0n) is 11.1. The average Bonchev–Trinajstić information content (AvgIpc) is 2.41. The van der Waals surface area contributed by atoms with Crippen molar-refractivity contribution in [3.63, 3.8) is 0 Å². The Morgan fingerprint density at radius 3 is 2.84 bits per heavy atom. The Bertz CT molecular complexity index is 527. The summed E-state index contributed by atoms with van der Waals surface area (Å²) in [5.74, 6) is 0.139. The molecule has 100 valence electrons. The van der Waals surface area contributed by atoms with Gasteiger partial charge in [0.2, 0.25) is 5.91 Å². The van der Waals surface area contributed by atoms with E-state index < -0.39 is 0 Å². The predicted octanol–water partition coefficient (Wildman–Crippen LogP) is 1.21. The van der Waals surface area contributed by atoms with Crippen LogP contribution in [0.3, 0.4) is 0 Å². The van der Waals surface area contributed by atoms with E-state index in [2.05, 4.69) is 12.2 Å². The number of hydrogen-bond donors (Lipinski definition) is 1. The molecule has 4 nitrogen and oxygen atoms in total. The molecule has 2 amide bonds.